The summed E-state index contributed by atoms with van der Waals surface area (Å²) in [7, 11) is -3.41. The molecule has 0 aliphatic rings. The number of nitrogens with zero attached hydrogens (tertiary/aromatic N) is 1. The normalized spacial score (nSPS) is 10.8. The number of hydrogen-bond acceptors (Lipinski definition) is 4. The summed E-state index contributed by atoms with van der Waals surface area (Å²) in [6, 6.07) is 0. The molecule has 0 N–H and O–H groups in total. The summed E-state index contributed by atoms with van der Waals surface area (Å²) in [6.45, 7) is 4.62. The molecule has 0 aromatic rings. The van der Waals surface area contributed by atoms with Gasteiger partial charge >= 0.3 is 10.1 Å². The van der Waals surface area contributed by atoms with Crippen LogP contribution < -0.4 is 0 Å². The minimum Gasteiger partial charge on any atom is -0.269 e. The molecule has 0 heterocycles. The van der Waals surface area contributed by atoms with Crippen LogP contribution >= 0.6 is 0 Å². The lowest BCUT2D eigenvalue weighted by atomic mass is 10.6. The molecule has 0 rings (SSSR count). The molecule has 0 spiro atoms. The van der Waals surface area contributed by atoms with Gasteiger partial charge in [-0.25, -0.2) is 0 Å². The van der Waals surface area contributed by atoms with Gasteiger partial charge in [0.15, 0.2) is 0 Å². The van der Waals surface area contributed by atoms with Crippen LogP contribution in [0.15, 0.2) is 5.16 Å². The maximum absolute atomic E-state index is 10.5. The summed E-state index contributed by atoms with van der Waals surface area (Å²) in [5.41, 5.74) is 0. The predicted molar refractivity (Wildman–Crippen MR) is 34.7 cm³/mol. The Balaban J connectivity index is 3.88. The average Bonchev–Trinajstić information content (AvgIpc) is 1.64. The van der Waals surface area contributed by atoms with Crippen LogP contribution in [0.1, 0.15) is 13.3 Å². The first-order chi connectivity index (χ1) is 4.12. The molecule has 5 heteroatoms. The van der Waals surface area contributed by atoms with E-state index >= 15 is 0 Å². The van der Waals surface area contributed by atoms with E-state index < -0.39 is 10.1 Å². The van der Waals surface area contributed by atoms with Crippen LogP contribution in [0, 0.1) is 0 Å². The van der Waals surface area contributed by atoms with Crippen molar-refractivity contribution in [3.63, 3.8) is 0 Å². The monoisotopic (exact) mass is 151 g/mol. The Morgan fingerprint density at radius 3 is 2.56 bits per heavy atom. The molecule has 0 fully saturated rings. The first-order valence-corrected chi connectivity index (χ1v) is 4.07. The summed E-state index contributed by atoms with van der Waals surface area (Å²) in [4.78, 5) is 0. The maximum Gasteiger partial charge on any atom is 0.328 e. The topological polar surface area (TPSA) is 55.7 Å². The van der Waals surface area contributed by atoms with E-state index in [1.54, 1.807) is 6.92 Å². The van der Waals surface area contributed by atoms with Gasteiger partial charge in [0.05, 0.1) is 5.75 Å². The van der Waals surface area contributed by atoms with Gasteiger partial charge in [-0.1, -0.05) is 12.1 Å². The van der Waals surface area contributed by atoms with Gasteiger partial charge in [0.25, 0.3) is 0 Å². The molecule has 0 saturated heterocycles. The Hall–Kier alpha value is -0.580. The fraction of sp³-hybridized carbons (Fsp3) is 0.750. The highest BCUT2D eigenvalue weighted by molar-refractivity contribution is 7.86. The zero-order valence-electron chi connectivity index (χ0n) is 5.20. The lowest BCUT2D eigenvalue weighted by molar-refractivity contribution is 0.342. The van der Waals surface area contributed by atoms with E-state index in [2.05, 4.69) is 16.2 Å². The molecule has 0 aromatic heterocycles. The van der Waals surface area contributed by atoms with Crippen molar-refractivity contribution in [1.29, 1.82) is 0 Å². The Morgan fingerprint density at radius 2 is 2.22 bits per heavy atom. The van der Waals surface area contributed by atoms with E-state index in [4.69, 9.17) is 0 Å². The fourth-order valence-corrected chi connectivity index (χ4v) is 1.10. The van der Waals surface area contributed by atoms with Gasteiger partial charge in [-0.15, -0.1) is 0 Å². The Labute approximate surface area is 54.6 Å². The van der Waals surface area contributed by atoms with Crippen molar-refractivity contribution in [1.82, 2.24) is 0 Å². The van der Waals surface area contributed by atoms with Crippen molar-refractivity contribution in [2.24, 2.45) is 5.16 Å². The molecule has 0 saturated carbocycles. The van der Waals surface area contributed by atoms with Gasteiger partial charge in [-0.05, 0) is 6.42 Å². The van der Waals surface area contributed by atoms with Crippen LogP contribution in [0.25, 0.3) is 0 Å². The molecule has 0 bridgehead atoms. The Kier molecular flexibility index (Phi) is 3.22. The predicted octanol–water partition coefficient (Wildman–Crippen LogP) is 0.358. The number of rotatable bonds is 4. The van der Waals surface area contributed by atoms with Crippen molar-refractivity contribution in [2.75, 3.05) is 5.75 Å². The molecule has 9 heavy (non-hydrogen) atoms. The molecular formula is C4H9NO3S. The number of oxime groups is 1. The van der Waals surface area contributed by atoms with Crippen molar-refractivity contribution in [2.45, 2.75) is 13.3 Å². The molecule has 54 valence electrons. The third-order valence-corrected chi connectivity index (χ3v) is 1.86. The second kappa shape index (κ2) is 3.45. The molecule has 0 unspecified atom stereocenters. The van der Waals surface area contributed by atoms with E-state index in [1.807, 2.05) is 0 Å². The zero-order valence-corrected chi connectivity index (χ0v) is 6.02. The third kappa shape index (κ3) is 3.96. The summed E-state index contributed by atoms with van der Waals surface area (Å²) in [5, 5.41) is 2.79. The SMILES string of the molecule is C=NOS(=O)(=O)CCC. The zero-order chi connectivity index (χ0) is 7.33. The summed E-state index contributed by atoms with van der Waals surface area (Å²) >= 11 is 0. The van der Waals surface area contributed by atoms with Gasteiger partial charge in [-0.2, -0.15) is 8.42 Å². The van der Waals surface area contributed by atoms with E-state index in [0.717, 1.165) is 0 Å². The highest BCUT2D eigenvalue weighted by Gasteiger charge is 2.07. The molecule has 0 amide bonds. The maximum atomic E-state index is 10.5. The van der Waals surface area contributed by atoms with Gasteiger partial charge < -0.3 is 0 Å². The van der Waals surface area contributed by atoms with Crippen LogP contribution in [0.2, 0.25) is 0 Å². The molecule has 0 atom stereocenters. The minimum atomic E-state index is -3.41. The Morgan fingerprint density at radius 1 is 1.67 bits per heavy atom. The number of hydrogen-bond donors (Lipinski definition) is 0. The quantitative estimate of drug-likeness (QED) is 0.430. The van der Waals surface area contributed by atoms with Gasteiger partial charge in [0, 0.05) is 6.72 Å². The molecule has 4 nitrogen and oxygen atoms in total. The van der Waals surface area contributed by atoms with Crippen molar-refractivity contribution in [3.05, 3.63) is 0 Å². The second-order valence-corrected chi connectivity index (χ2v) is 3.14. The van der Waals surface area contributed by atoms with Crippen molar-refractivity contribution >= 4 is 16.8 Å². The van der Waals surface area contributed by atoms with Gasteiger partial charge in [0.1, 0.15) is 0 Å². The summed E-state index contributed by atoms with van der Waals surface area (Å²) in [6.07, 6.45) is 0.526. The average molecular weight is 151 g/mol. The van der Waals surface area contributed by atoms with Crippen molar-refractivity contribution in [3.8, 4) is 0 Å². The highest BCUT2D eigenvalue weighted by atomic mass is 32.2. The Bertz CT molecular complexity index is 172. The first kappa shape index (κ1) is 8.42. The lowest BCUT2D eigenvalue weighted by Crippen LogP contribution is -2.05. The highest BCUT2D eigenvalue weighted by Crippen LogP contribution is 1.94. The largest absolute Gasteiger partial charge is 0.328 e. The molecule has 0 aliphatic heterocycles. The second-order valence-electron chi connectivity index (χ2n) is 1.47. The van der Waals surface area contributed by atoms with Gasteiger partial charge in [0.2, 0.25) is 0 Å². The molecule has 0 aliphatic carbocycles. The minimum absolute atomic E-state index is 0.00792. The first-order valence-electron chi connectivity index (χ1n) is 2.49. The van der Waals surface area contributed by atoms with Crippen molar-refractivity contribution < 1.29 is 12.7 Å². The fourth-order valence-electron chi connectivity index (χ4n) is 0.368. The van der Waals surface area contributed by atoms with Crippen LogP contribution in [-0.4, -0.2) is 20.9 Å². The van der Waals surface area contributed by atoms with E-state index in [1.165, 1.54) is 0 Å². The smallest absolute Gasteiger partial charge is 0.269 e. The summed E-state index contributed by atoms with van der Waals surface area (Å²) in [5.74, 6) is -0.00792. The van der Waals surface area contributed by atoms with E-state index in [-0.39, 0.29) is 5.75 Å². The van der Waals surface area contributed by atoms with Crippen LogP contribution in [0.5, 0.6) is 0 Å². The van der Waals surface area contributed by atoms with Crippen LogP contribution in [0.3, 0.4) is 0 Å². The standard InChI is InChI=1S/C4H9NO3S/c1-3-4-9(6,7)8-5-2/h2-4H2,1H3. The van der Waals surface area contributed by atoms with E-state index in [9.17, 15) is 8.42 Å². The molecular weight excluding hydrogens is 142 g/mol. The lowest BCUT2D eigenvalue weighted by Gasteiger charge is -1.95. The molecule has 0 aromatic carbocycles. The third-order valence-electron chi connectivity index (χ3n) is 0.620. The van der Waals surface area contributed by atoms with Crippen LogP contribution in [0.4, 0.5) is 0 Å². The van der Waals surface area contributed by atoms with Gasteiger partial charge in [-0.3, -0.25) is 4.28 Å². The van der Waals surface area contributed by atoms with Crippen LogP contribution in [-0.2, 0) is 14.4 Å². The summed E-state index contributed by atoms with van der Waals surface area (Å²) < 4.78 is 24.9. The molecule has 0 radical (unpaired) electrons. The van der Waals surface area contributed by atoms with E-state index in [0.29, 0.717) is 6.42 Å².